The Morgan fingerprint density at radius 1 is 1.36 bits per heavy atom. The fraction of sp³-hybridized carbons (Fsp3) is 0. The molecule has 0 unspecified atom stereocenters. The summed E-state index contributed by atoms with van der Waals surface area (Å²) >= 11 is 0. The number of hydrogen-bond donors (Lipinski definition) is 1. The van der Waals surface area contributed by atoms with Crippen LogP contribution in [-0.2, 0) is 0 Å². The van der Waals surface area contributed by atoms with Gasteiger partial charge in [-0.1, -0.05) is 12.1 Å². The summed E-state index contributed by atoms with van der Waals surface area (Å²) in [5.41, 5.74) is -0.262. The van der Waals surface area contributed by atoms with E-state index in [9.17, 15) is 10.1 Å². The summed E-state index contributed by atoms with van der Waals surface area (Å²) in [6.45, 7) is 0. The molecule has 0 aliphatic heterocycles. The maximum absolute atomic E-state index is 10.1. The van der Waals surface area contributed by atoms with Crippen LogP contribution in [0.2, 0.25) is 0 Å². The molecule has 56 valence electrons. The van der Waals surface area contributed by atoms with Gasteiger partial charge in [0, 0.05) is 6.07 Å². The third-order valence-corrected chi connectivity index (χ3v) is 1.08. The second kappa shape index (κ2) is 4.79. The van der Waals surface area contributed by atoms with E-state index in [1.54, 1.807) is 0 Å². The topological polar surface area (TPSA) is 63.4 Å². The van der Waals surface area contributed by atoms with Gasteiger partial charge in [0.15, 0.2) is 5.75 Å². The van der Waals surface area contributed by atoms with Crippen molar-refractivity contribution in [1.29, 1.82) is 0 Å². The van der Waals surface area contributed by atoms with Gasteiger partial charge in [-0.05, 0) is 6.07 Å². The molecule has 0 radical (unpaired) electrons. The van der Waals surface area contributed by atoms with Crippen LogP contribution < -0.4 is 0 Å². The molecule has 0 aromatic heterocycles. The van der Waals surface area contributed by atoms with Gasteiger partial charge >= 0.3 is 54.6 Å². The van der Waals surface area contributed by atoms with E-state index in [-0.39, 0.29) is 60.3 Å². The molecule has 1 rings (SSSR count). The van der Waals surface area contributed by atoms with E-state index in [1.807, 2.05) is 0 Å². The number of para-hydroxylation sites is 2. The van der Waals surface area contributed by atoms with E-state index in [4.69, 9.17) is 5.11 Å². The van der Waals surface area contributed by atoms with Crippen LogP contribution in [0.1, 0.15) is 0 Å². The van der Waals surface area contributed by atoms with Gasteiger partial charge in [-0.2, -0.15) is 0 Å². The molecule has 0 aliphatic carbocycles. The first-order chi connectivity index (χ1) is 4.72. The molecule has 1 aromatic carbocycles. The molecule has 0 amide bonds. The average Bonchev–Trinajstić information content (AvgIpc) is 1.88. The predicted octanol–water partition coefficient (Wildman–Crippen LogP) is 0.384. The third-order valence-electron chi connectivity index (χ3n) is 1.08. The van der Waals surface area contributed by atoms with E-state index >= 15 is 0 Å². The van der Waals surface area contributed by atoms with Crippen molar-refractivity contribution in [3.05, 3.63) is 34.4 Å². The number of phenolic OH excluding ortho intramolecular Hbond substituents is 1. The SMILES string of the molecule is O=[N+]([O-])c1ccccc1O.[BaH2]. The van der Waals surface area contributed by atoms with E-state index in [1.165, 1.54) is 24.3 Å². The van der Waals surface area contributed by atoms with Crippen LogP contribution in [0.25, 0.3) is 0 Å². The predicted molar refractivity (Wildman–Crippen MR) is 43.3 cm³/mol. The van der Waals surface area contributed by atoms with Crippen molar-refractivity contribution in [3.8, 4) is 5.75 Å². The summed E-state index contributed by atoms with van der Waals surface area (Å²) < 4.78 is 0. The molecule has 1 N–H and O–H groups in total. The maximum atomic E-state index is 10.1. The first kappa shape index (κ1) is 11.0. The monoisotopic (exact) mass is 279 g/mol. The van der Waals surface area contributed by atoms with Crippen LogP contribution in [0.4, 0.5) is 5.69 Å². The Morgan fingerprint density at radius 2 is 1.91 bits per heavy atom. The summed E-state index contributed by atoms with van der Waals surface area (Å²) in [6.07, 6.45) is 0. The molecule has 0 aliphatic rings. The molecular formula is C6H7BaNO3. The minimum absolute atomic E-state index is 0. The zero-order valence-corrected chi connectivity index (χ0v) is 5.02. The van der Waals surface area contributed by atoms with Crippen molar-refractivity contribution < 1.29 is 10.0 Å². The summed E-state index contributed by atoms with van der Waals surface area (Å²) in [6, 6.07) is 5.55. The molecule has 0 saturated heterocycles. The fourth-order valence-electron chi connectivity index (χ4n) is 0.619. The molecular weight excluding hydrogens is 271 g/mol. The van der Waals surface area contributed by atoms with Crippen LogP contribution in [0.3, 0.4) is 0 Å². The molecule has 11 heavy (non-hydrogen) atoms. The standard InChI is InChI=1S/C6H5NO3.Ba.2H/c8-6-4-2-1-3-5(6)7(9)10;;;/h1-4,8H;;;. The van der Waals surface area contributed by atoms with E-state index in [0.717, 1.165) is 0 Å². The Bertz CT molecular complexity index is 264. The Labute approximate surface area is 103 Å². The number of nitro benzene ring substituents is 1. The van der Waals surface area contributed by atoms with Crippen molar-refractivity contribution in [1.82, 2.24) is 0 Å². The third kappa shape index (κ3) is 2.84. The van der Waals surface area contributed by atoms with Crippen LogP contribution in [-0.4, -0.2) is 58.9 Å². The molecule has 0 fully saturated rings. The van der Waals surface area contributed by atoms with E-state index in [0.29, 0.717) is 0 Å². The zero-order chi connectivity index (χ0) is 7.56. The van der Waals surface area contributed by atoms with Gasteiger partial charge < -0.3 is 5.11 Å². The van der Waals surface area contributed by atoms with Gasteiger partial charge in [0.05, 0.1) is 4.92 Å². The number of rotatable bonds is 1. The number of nitrogens with zero attached hydrogens (tertiary/aromatic N) is 1. The minimum atomic E-state index is -0.630. The van der Waals surface area contributed by atoms with Crippen molar-refractivity contribution in [2.75, 3.05) is 0 Å². The average molecular weight is 278 g/mol. The second-order valence-corrected chi connectivity index (χ2v) is 1.75. The second-order valence-electron chi connectivity index (χ2n) is 1.75. The van der Waals surface area contributed by atoms with Crippen molar-refractivity contribution >= 4 is 54.6 Å². The zero-order valence-electron chi connectivity index (χ0n) is 5.02. The normalized spacial score (nSPS) is 8.36. The van der Waals surface area contributed by atoms with Crippen LogP contribution in [0.15, 0.2) is 24.3 Å². The van der Waals surface area contributed by atoms with Crippen LogP contribution in [0.5, 0.6) is 5.75 Å². The molecule has 0 atom stereocenters. The molecule has 0 heterocycles. The van der Waals surface area contributed by atoms with Gasteiger partial charge in [0.2, 0.25) is 0 Å². The molecule has 0 spiro atoms. The molecule has 5 heteroatoms. The Hall–Kier alpha value is -0.00857. The summed E-state index contributed by atoms with van der Waals surface area (Å²) in [5.74, 6) is -0.299. The van der Waals surface area contributed by atoms with E-state index < -0.39 is 4.92 Å². The van der Waals surface area contributed by atoms with Crippen molar-refractivity contribution in [3.63, 3.8) is 0 Å². The van der Waals surface area contributed by atoms with Gasteiger partial charge in [0.1, 0.15) is 0 Å². The Morgan fingerprint density at radius 3 is 2.27 bits per heavy atom. The quantitative estimate of drug-likeness (QED) is 0.459. The number of aromatic hydroxyl groups is 1. The van der Waals surface area contributed by atoms with Gasteiger partial charge in [0.25, 0.3) is 0 Å². The molecule has 0 bridgehead atoms. The van der Waals surface area contributed by atoms with Crippen LogP contribution >= 0.6 is 0 Å². The molecule has 4 nitrogen and oxygen atoms in total. The molecule has 0 saturated carbocycles. The number of phenols is 1. The van der Waals surface area contributed by atoms with E-state index in [2.05, 4.69) is 0 Å². The molecule has 1 aromatic rings. The fourth-order valence-corrected chi connectivity index (χ4v) is 0.619. The van der Waals surface area contributed by atoms with Gasteiger partial charge in [-0.15, -0.1) is 0 Å². The first-order valence-electron chi connectivity index (χ1n) is 2.64. The number of benzene rings is 1. The van der Waals surface area contributed by atoms with Crippen molar-refractivity contribution in [2.45, 2.75) is 0 Å². The first-order valence-corrected chi connectivity index (χ1v) is 2.64. The van der Waals surface area contributed by atoms with Crippen LogP contribution in [0, 0.1) is 10.1 Å². The number of hydrogen-bond acceptors (Lipinski definition) is 3. The Balaban J connectivity index is 0.000001000. The summed E-state index contributed by atoms with van der Waals surface area (Å²) in [4.78, 5) is 9.44. The van der Waals surface area contributed by atoms with Gasteiger partial charge in [-0.25, -0.2) is 0 Å². The Kier molecular flexibility index (Phi) is 4.78. The number of nitro groups is 1. The van der Waals surface area contributed by atoms with Gasteiger partial charge in [-0.3, -0.25) is 10.1 Å². The summed E-state index contributed by atoms with van der Waals surface area (Å²) in [7, 11) is 0. The van der Waals surface area contributed by atoms with Crippen molar-refractivity contribution in [2.24, 2.45) is 0 Å². The summed E-state index contributed by atoms with van der Waals surface area (Å²) in [5, 5.41) is 18.9.